The predicted octanol–water partition coefficient (Wildman–Crippen LogP) is 2.29. The Bertz CT molecular complexity index is 392. The van der Waals surface area contributed by atoms with Crippen molar-refractivity contribution in [3.8, 4) is 5.75 Å². The van der Waals surface area contributed by atoms with Crippen LogP contribution in [-0.4, -0.2) is 50.1 Å². The number of likely N-dealkylation sites (tertiary alicyclic amines) is 1. The average molecular weight is 277 g/mol. The maximum absolute atomic E-state index is 5.80. The third-order valence-electron chi connectivity index (χ3n) is 4.02. The van der Waals surface area contributed by atoms with E-state index in [0.717, 1.165) is 38.5 Å². The van der Waals surface area contributed by atoms with Gasteiger partial charge in [0.05, 0.1) is 19.3 Å². The number of piperidine rings is 1. The van der Waals surface area contributed by atoms with Crippen LogP contribution in [0.3, 0.4) is 0 Å². The van der Waals surface area contributed by atoms with Crippen molar-refractivity contribution in [3.05, 3.63) is 30.3 Å². The minimum atomic E-state index is -0.0352. The Morgan fingerprint density at radius 2 is 1.90 bits per heavy atom. The van der Waals surface area contributed by atoms with Crippen molar-refractivity contribution in [2.75, 3.05) is 32.9 Å². The molecule has 2 heterocycles. The summed E-state index contributed by atoms with van der Waals surface area (Å²) in [5, 5.41) is 0. The number of ether oxygens (including phenoxy) is 3. The molecule has 3 rings (SSSR count). The molecule has 2 aliphatic heterocycles. The van der Waals surface area contributed by atoms with Crippen LogP contribution in [0.2, 0.25) is 0 Å². The maximum atomic E-state index is 5.80. The molecule has 4 heteroatoms. The van der Waals surface area contributed by atoms with Gasteiger partial charge in [0, 0.05) is 6.54 Å². The molecule has 0 N–H and O–H groups in total. The van der Waals surface area contributed by atoms with Gasteiger partial charge in [-0.05, 0) is 31.5 Å². The van der Waals surface area contributed by atoms with Gasteiger partial charge in [-0.1, -0.05) is 24.6 Å². The lowest BCUT2D eigenvalue weighted by atomic mass is 10.0. The number of hydrogen-bond acceptors (Lipinski definition) is 4. The third-order valence-corrected chi connectivity index (χ3v) is 4.02. The van der Waals surface area contributed by atoms with Crippen molar-refractivity contribution in [1.82, 2.24) is 4.90 Å². The van der Waals surface area contributed by atoms with E-state index in [4.69, 9.17) is 14.2 Å². The van der Waals surface area contributed by atoms with Gasteiger partial charge in [-0.2, -0.15) is 0 Å². The zero-order valence-corrected chi connectivity index (χ0v) is 11.9. The highest BCUT2D eigenvalue weighted by molar-refractivity contribution is 5.20. The molecule has 0 aliphatic carbocycles. The Labute approximate surface area is 120 Å². The highest BCUT2D eigenvalue weighted by Gasteiger charge is 2.33. The predicted molar refractivity (Wildman–Crippen MR) is 76.8 cm³/mol. The Morgan fingerprint density at radius 1 is 1.10 bits per heavy atom. The van der Waals surface area contributed by atoms with Crippen molar-refractivity contribution in [3.63, 3.8) is 0 Å². The Hall–Kier alpha value is -1.10. The van der Waals surface area contributed by atoms with Crippen molar-refractivity contribution < 1.29 is 14.2 Å². The number of hydrogen-bond donors (Lipinski definition) is 0. The number of benzene rings is 1. The summed E-state index contributed by atoms with van der Waals surface area (Å²) < 4.78 is 17.2. The van der Waals surface area contributed by atoms with Gasteiger partial charge >= 0.3 is 0 Å². The molecular weight excluding hydrogens is 254 g/mol. The van der Waals surface area contributed by atoms with Crippen LogP contribution in [0.1, 0.15) is 19.3 Å². The van der Waals surface area contributed by atoms with Gasteiger partial charge in [0.15, 0.2) is 6.29 Å². The van der Waals surface area contributed by atoms with Gasteiger partial charge in [0.25, 0.3) is 0 Å². The molecule has 0 saturated carbocycles. The van der Waals surface area contributed by atoms with Gasteiger partial charge in [-0.15, -0.1) is 0 Å². The van der Waals surface area contributed by atoms with E-state index in [9.17, 15) is 0 Å². The van der Waals surface area contributed by atoms with E-state index in [1.165, 1.54) is 12.8 Å². The average Bonchev–Trinajstić information content (AvgIpc) is 3.03. The lowest BCUT2D eigenvalue weighted by molar-refractivity contribution is -0.110. The van der Waals surface area contributed by atoms with Gasteiger partial charge in [0.2, 0.25) is 0 Å². The zero-order chi connectivity index (χ0) is 13.6. The molecule has 1 aromatic rings. The van der Waals surface area contributed by atoms with Crippen LogP contribution in [0.25, 0.3) is 0 Å². The van der Waals surface area contributed by atoms with Crippen molar-refractivity contribution in [1.29, 1.82) is 0 Å². The summed E-state index contributed by atoms with van der Waals surface area (Å²) in [6, 6.07) is 10.4. The van der Waals surface area contributed by atoms with Crippen LogP contribution < -0.4 is 4.74 Å². The molecule has 0 spiro atoms. The molecule has 1 atom stereocenters. The quantitative estimate of drug-likeness (QED) is 0.826. The number of nitrogens with zero attached hydrogens (tertiary/aromatic N) is 1. The smallest absolute Gasteiger partial charge is 0.173 e. The van der Waals surface area contributed by atoms with E-state index in [-0.39, 0.29) is 6.29 Å². The molecule has 110 valence electrons. The second kappa shape index (κ2) is 7.07. The minimum absolute atomic E-state index is 0.0352. The molecule has 0 bridgehead atoms. The fourth-order valence-corrected chi connectivity index (χ4v) is 3.00. The van der Waals surface area contributed by atoms with Gasteiger partial charge in [-0.3, -0.25) is 4.90 Å². The van der Waals surface area contributed by atoms with Crippen LogP contribution >= 0.6 is 0 Å². The summed E-state index contributed by atoms with van der Waals surface area (Å²) in [4.78, 5) is 2.46. The lowest BCUT2D eigenvalue weighted by Crippen LogP contribution is -2.48. The largest absolute Gasteiger partial charge is 0.492 e. The Kier molecular flexibility index (Phi) is 4.90. The monoisotopic (exact) mass is 277 g/mol. The minimum Gasteiger partial charge on any atom is -0.492 e. The number of rotatable bonds is 5. The highest BCUT2D eigenvalue weighted by Crippen LogP contribution is 2.24. The van der Waals surface area contributed by atoms with E-state index in [0.29, 0.717) is 12.6 Å². The van der Waals surface area contributed by atoms with Crippen molar-refractivity contribution in [2.45, 2.75) is 31.6 Å². The molecule has 2 aliphatic rings. The fourth-order valence-electron chi connectivity index (χ4n) is 3.00. The van der Waals surface area contributed by atoms with Crippen LogP contribution in [0.15, 0.2) is 30.3 Å². The highest BCUT2D eigenvalue weighted by atomic mass is 16.7. The van der Waals surface area contributed by atoms with Crippen molar-refractivity contribution >= 4 is 0 Å². The Morgan fingerprint density at radius 3 is 2.70 bits per heavy atom. The standard InChI is InChI=1S/C16H23NO3/c1-2-6-14(7-3-1)18-11-10-17-9-5-4-8-15(17)16-19-12-13-20-16/h1-3,6-7,15-16H,4-5,8-13H2/t15-/m1/s1. The van der Waals surface area contributed by atoms with E-state index in [1.54, 1.807) is 0 Å². The molecule has 4 nitrogen and oxygen atoms in total. The number of para-hydroxylation sites is 1. The molecule has 0 amide bonds. The topological polar surface area (TPSA) is 30.9 Å². The molecule has 2 fully saturated rings. The summed E-state index contributed by atoms with van der Waals surface area (Å²) in [7, 11) is 0. The van der Waals surface area contributed by atoms with Crippen LogP contribution in [0.4, 0.5) is 0 Å². The molecule has 0 aromatic heterocycles. The first kappa shape index (κ1) is 13.9. The first-order valence-corrected chi connectivity index (χ1v) is 7.58. The lowest BCUT2D eigenvalue weighted by Gasteiger charge is -2.37. The summed E-state index contributed by atoms with van der Waals surface area (Å²) in [6.45, 7) is 4.23. The molecule has 2 saturated heterocycles. The molecule has 0 unspecified atom stereocenters. The van der Waals surface area contributed by atoms with E-state index in [1.807, 2.05) is 30.3 Å². The van der Waals surface area contributed by atoms with Crippen molar-refractivity contribution in [2.24, 2.45) is 0 Å². The molecule has 20 heavy (non-hydrogen) atoms. The summed E-state index contributed by atoms with van der Waals surface area (Å²) >= 11 is 0. The SMILES string of the molecule is c1ccc(OCCN2CCCC[C@@H]2C2OCCO2)cc1. The normalized spacial score (nSPS) is 24.9. The summed E-state index contributed by atoms with van der Waals surface area (Å²) in [6.07, 6.45) is 3.65. The van der Waals surface area contributed by atoms with E-state index < -0.39 is 0 Å². The van der Waals surface area contributed by atoms with Crippen LogP contribution in [-0.2, 0) is 9.47 Å². The maximum Gasteiger partial charge on any atom is 0.173 e. The molecule has 1 aromatic carbocycles. The first-order chi connectivity index (χ1) is 9.93. The molecule has 0 radical (unpaired) electrons. The first-order valence-electron chi connectivity index (χ1n) is 7.58. The van der Waals surface area contributed by atoms with E-state index in [2.05, 4.69) is 4.90 Å². The molecular formula is C16H23NO3. The van der Waals surface area contributed by atoms with Gasteiger partial charge in [-0.25, -0.2) is 0 Å². The van der Waals surface area contributed by atoms with E-state index >= 15 is 0 Å². The fraction of sp³-hybridized carbons (Fsp3) is 0.625. The van der Waals surface area contributed by atoms with Gasteiger partial charge in [0.1, 0.15) is 12.4 Å². The second-order valence-electron chi connectivity index (χ2n) is 5.37. The summed E-state index contributed by atoms with van der Waals surface area (Å²) in [5.74, 6) is 0.939. The zero-order valence-electron chi connectivity index (χ0n) is 11.9. The van der Waals surface area contributed by atoms with Crippen LogP contribution in [0, 0.1) is 0 Å². The third kappa shape index (κ3) is 3.51. The Balaban J connectivity index is 1.49. The summed E-state index contributed by atoms with van der Waals surface area (Å²) in [5.41, 5.74) is 0. The van der Waals surface area contributed by atoms with Gasteiger partial charge < -0.3 is 14.2 Å². The second-order valence-corrected chi connectivity index (χ2v) is 5.37. The van der Waals surface area contributed by atoms with Crippen LogP contribution in [0.5, 0.6) is 5.75 Å².